The first-order chi connectivity index (χ1) is 13.1. The number of benzene rings is 1. The fraction of sp³-hybridized carbons (Fsp3) is 0.476. The van der Waals surface area contributed by atoms with Crippen molar-refractivity contribution in [2.24, 2.45) is 0 Å². The number of amides is 4. The zero-order valence-corrected chi connectivity index (χ0v) is 15.7. The number of fused-ring (bicyclic) bond motifs is 2. The Labute approximate surface area is 159 Å². The van der Waals surface area contributed by atoms with E-state index in [9.17, 15) is 14.4 Å². The SMILES string of the molecule is CCCN(C(=O)CN1C(=O)N[C@]2(CCc3ccccc32)C1=O)C1=CCCC1. The van der Waals surface area contributed by atoms with E-state index < -0.39 is 11.6 Å². The van der Waals surface area contributed by atoms with Crippen molar-refractivity contribution in [1.82, 2.24) is 15.1 Å². The van der Waals surface area contributed by atoms with Gasteiger partial charge in [-0.05, 0) is 49.7 Å². The maximum atomic E-state index is 13.2. The number of nitrogens with one attached hydrogen (secondary N) is 1. The zero-order chi connectivity index (χ0) is 19.0. The summed E-state index contributed by atoms with van der Waals surface area (Å²) in [5.41, 5.74) is 1.97. The summed E-state index contributed by atoms with van der Waals surface area (Å²) in [5.74, 6) is -0.487. The van der Waals surface area contributed by atoms with Crippen molar-refractivity contribution in [3.8, 4) is 0 Å². The average Bonchev–Trinajstić information content (AvgIpc) is 3.37. The van der Waals surface area contributed by atoms with Gasteiger partial charge in [-0.25, -0.2) is 4.79 Å². The number of imide groups is 1. The Balaban J connectivity index is 1.56. The Morgan fingerprint density at radius 1 is 1.26 bits per heavy atom. The monoisotopic (exact) mass is 367 g/mol. The molecular formula is C21H25N3O3. The van der Waals surface area contributed by atoms with Crippen LogP contribution in [0.1, 0.15) is 50.2 Å². The molecule has 0 saturated carbocycles. The minimum Gasteiger partial charge on any atom is -0.319 e. The van der Waals surface area contributed by atoms with Crippen molar-refractivity contribution in [1.29, 1.82) is 0 Å². The van der Waals surface area contributed by atoms with Crippen LogP contribution in [0.25, 0.3) is 0 Å². The molecule has 0 unspecified atom stereocenters. The van der Waals surface area contributed by atoms with Crippen molar-refractivity contribution in [2.75, 3.05) is 13.1 Å². The van der Waals surface area contributed by atoms with Gasteiger partial charge in [0.1, 0.15) is 12.1 Å². The van der Waals surface area contributed by atoms with E-state index in [1.165, 1.54) is 0 Å². The van der Waals surface area contributed by atoms with Gasteiger partial charge in [-0.1, -0.05) is 37.3 Å². The number of carbonyl (C=O) groups excluding carboxylic acids is 3. The van der Waals surface area contributed by atoms with Gasteiger partial charge in [0.25, 0.3) is 5.91 Å². The molecule has 4 amide bonds. The highest BCUT2D eigenvalue weighted by Gasteiger charge is 2.55. The molecule has 1 heterocycles. The number of allylic oxidation sites excluding steroid dienone is 2. The predicted molar refractivity (Wildman–Crippen MR) is 101 cm³/mol. The Kier molecular flexibility index (Phi) is 4.50. The summed E-state index contributed by atoms with van der Waals surface area (Å²) in [6.45, 7) is 2.43. The van der Waals surface area contributed by atoms with Crippen LogP contribution in [-0.4, -0.2) is 40.7 Å². The maximum Gasteiger partial charge on any atom is 0.325 e. The Morgan fingerprint density at radius 2 is 2.07 bits per heavy atom. The van der Waals surface area contributed by atoms with Crippen LogP contribution >= 0.6 is 0 Å². The second-order valence-electron chi connectivity index (χ2n) is 7.52. The van der Waals surface area contributed by atoms with E-state index >= 15 is 0 Å². The Hall–Kier alpha value is -2.63. The lowest BCUT2D eigenvalue weighted by Gasteiger charge is -2.26. The quantitative estimate of drug-likeness (QED) is 0.814. The van der Waals surface area contributed by atoms with Gasteiger partial charge < -0.3 is 10.2 Å². The van der Waals surface area contributed by atoms with E-state index in [-0.39, 0.29) is 18.4 Å². The van der Waals surface area contributed by atoms with E-state index in [2.05, 4.69) is 11.4 Å². The molecule has 1 saturated heterocycles. The third-order valence-corrected chi connectivity index (χ3v) is 5.83. The highest BCUT2D eigenvalue weighted by molar-refractivity contribution is 6.10. The summed E-state index contributed by atoms with van der Waals surface area (Å²) in [6, 6.07) is 7.25. The molecule has 0 bridgehead atoms. The van der Waals surface area contributed by atoms with E-state index in [1.807, 2.05) is 31.2 Å². The van der Waals surface area contributed by atoms with Gasteiger partial charge in [-0.2, -0.15) is 0 Å². The number of urea groups is 1. The minimum absolute atomic E-state index is 0.183. The molecule has 1 spiro atoms. The molecule has 27 heavy (non-hydrogen) atoms. The Morgan fingerprint density at radius 3 is 2.81 bits per heavy atom. The summed E-state index contributed by atoms with van der Waals surface area (Å²) in [5, 5.41) is 2.88. The molecule has 6 nitrogen and oxygen atoms in total. The van der Waals surface area contributed by atoms with Crippen molar-refractivity contribution in [2.45, 2.75) is 51.0 Å². The normalized spacial score (nSPS) is 23.6. The van der Waals surface area contributed by atoms with E-state index in [4.69, 9.17) is 0 Å². The lowest BCUT2D eigenvalue weighted by atomic mass is 9.92. The minimum atomic E-state index is -1.00. The largest absolute Gasteiger partial charge is 0.325 e. The molecule has 1 aliphatic heterocycles. The second-order valence-corrected chi connectivity index (χ2v) is 7.52. The molecule has 2 aliphatic carbocycles. The Bertz CT molecular complexity index is 832. The molecule has 1 N–H and O–H groups in total. The van der Waals surface area contributed by atoms with Crippen LogP contribution < -0.4 is 5.32 Å². The van der Waals surface area contributed by atoms with Gasteiger partial charge in [0.2, 0.25) is 5.91 Å². The van der Waals surface area contributed by atoms with E-state index in [0.29, 0.717) is 13.0 Å². The van der Waals surface area contributed by atoms with Gasteiger partial charge in [-0.15, -0.1) is 0 Å². The van der Waals surface area contributed by atoms with Crippen molar-refractivity contribution in [3.63, 3.8) is 0 Å². The smallest absolute Gasteiger partial charge is 0.319 e. The number of rotatable bonds is 5. The van der Waals surface area contributed by atoms with Crippen LogP contribution in [0, 0.1) is 0 Å². The third kappa shape index (κ3) is 2.83. The van der Waals surface area contributed by atoms with Gasteiger partial charge >= 0.3 is 6.03 Å². The number of hydrogen-bond acceptors (Lipinski definition) is 3. The number of hydrogen-bond donors (Lipinski definition) is 1. The first kappa shape index (κ1) is 17.8. The molecule has 1 atom stereocenters. The summed E-state index contributed by atoms with van der Waals surface area (Å²) < 4.78 is 0. The van der Waals surface area contributed by atoms with Crippen LogP contribution in [0.2, 0.25) is 0 Å². The average molecular weight is 367 g/mol. The van der Waals surface area contributed by atoms with Crippen LogP contribution in [0.4, 0.5) is 4.79 Å². The van der Waals surface area contributed by atoms with Gasteiger partial charge in [-0.3, -0.25) is 14.5 Å². The second kappa shape index (κ2) is 6.83. The van der Waals surface area contributed by atoms with E-state index in [1.54, 1.807) is 4.90 Å². The molecule has 142 valence electrons. The van der Waals surface area contributed by atoms with Crippen LogP contribution in [-0.2, 0) is 21.5 Å². The highest BCUT2D eigenvalue weighted by atomic mass is 16.2. The van der Waals surface area contributed by atoms with Crippen molar-refractivity contribution >= 4 is 17.8 Å². The maximum absolute atomic E-state index is 13.2. The van der Waals surface area contributed by atoms with Gasteiger partial charge in [0, 0.05) is 12.2 Å². The number of nitrogens with zero attached hydrogens (tertiary/aromatic N) is 2. The summed E-state index contributed by atoms with van der Waals surface area (Å²) in [4.78, 5) is 41.6. The fourth-order valence-electron chi connectivity index (χ4n) is 4.50. The van der Waals surface area contributed by atoms with E-state index in [0.717, 1.165) is 53.8 Å². The van der Waals surface area contributed by atoms with Crippen LogP contribution in [0.5, 0.6) is 0 Å². The van der Waals surface area contributed by atoms with Gasteiger partial charge in [0.15, 0.2) is 0 Å². The first-order valence-electron chi connectivity index (χ1n) is 9.78. The lowest BCUT2D eigenvalue weighted by Crippen LogP contribution is -2.44. The van der Waals surface area contributed by atoms with Crippen molar-refractivity contribution < 1.29 is 14.4 Å². The first-order valence-corrected chi connectivity index (χ1v) is 9.78. The molecule has 3 aliphatic rings. The highest BCUT2D eigenvalue weighted by Crippen LogP contribution is 2.41. The molecule has 0 radical (unpaired) electrons. The molecule has 1 fully saturated rings. The molecular weight excluding hydrogens is 342 g/mol. The molecule has 1 aromatic rings. The van der Waals surface area contributed by atoms with Crippen molar-refractivity contribution in [3.05, 3.63) is 47.2 Å². The summed E-state index contributed by atoms with van der Waals surface area (Å²) in [7, 11) is 0. The molecule has 1 aromatic carbocycles. The molecule has 6 heteroatoms. The topological polar surface area (TPSA) is 69.7 Å². The third-order valence-electron chi connectivity index (χ3n) is 5.83. The molecule has 0 aromatic heterocycles. The van der Waals surface area contributed by atoms with Crippen LogP contribution in [0.15, 0.2) is 36.0 Å². The standard InChI is InChI=1S/C21H25N3O3/c1-2-13-23(16-8-4-5-9-16)18(25)14-24-19(26)21(22-20(24)27)12-11-15-7-3-6-10-17(15)21/h3,6-8,10H,2,4-5,9,11-14H2,1H3,(H,22,27)/t21-/m0/s1. The van der Waals surface area contributed by atoms with Gasteiger partial charge in [0.05, 0.1) is 0 Å². The zero-order valence-electron chi connectivity index (χ0n) is 15.7. The predicted octanol–water partition coefficient (Wildman–Crippen LogP) is 2.69. The summed E-state index contributed by atoms with van der Waals surface area (Å²) >= 11 is 0. The number of aryl methyl sites for hydroxylation is 1. The molecule has 4 rings (SSSR count). The van der Waals surface area contributed by atoms with Crippen LogP contribution in [0.3, 0.4) is 0 Å². The lowest BCUT2D eigenvalue weighted by molar-refractivity contribution is -0.138. The number of carbonyl (C=O) groups is 3. The fourth-order valence-corrected chi connectivity index (χ4v) is 4.50. The summed E-state index contributed by atoms with van der Waals surface area (Å²) in [6.07, 6.45) is 7.12.